The Hall–Kier alpha value is -2.06. The van der Waals surface area contributed by atoms with Gasteiger partial charge in [-0.2, -0.15) is 11.3 Å². The molecule has 2 aromatic carbocycles. The summed E-state index contributed by atoms with van der Waals surface area (Å²) >= 11 is 1.59. The minimum Gasteiger partial charge on any atom is -0.290 e. The SMILES string of the molecule is O=S(=O)(NCC(c1ccsc1)N1CCc2ccccc2C1)c1ccccc1F. The van der Waals surface area contributed by atoms with E-state index in [4.69, 9.17) is 0 Å². The fraction of sp³-hybridized carbons (Fsp3) is 0.238. The molecule has 28 heavy (non-hydrogen) atoms. The highest BCUT2D eigenvalue weighted by Crippen LogP contribution is 2.29. The van der Waals surface area contributed by atoms with Crippen molar-refractivity contribution in [1.29, 1.82) is 0 Å². The van der Waals surface area contributed by atoms with Crippen LogP contribution in [-0.2, 0) is 23.0 Å². The molecule has 1 unspecified atom stereocenters. The lowest BCUT2D eigenvalue weighted by Crippen LogP contribution is -2.40. The minimum absolute atomic E-state index is 0.110. The second kappa shape index (κ2) is 8.13. The molecule has 0 saturated heterocycles. The van der Waals surface area contributed by atoms with Gasteiger partial charge < -0.3 is 0 Å². The predicted octanol–water partition coefficient (Wildman–Crippen LogP) is 3.97. The van der Waals surface area contributed by atoms with Crippen molar-refractivity contribution in [3.63, 3.8) is 0 Å². The van der Waals surface area contributed by atoms with E-state index < -0.39 is 15.8 Å². The number of benzene rings is 2. The van der Waals surface area contributed by atoms with Crippen molar-refractivity contribution in [3.8, 4) is 0 Å². The molecule has 0 radical (unpaired) electrons. The number of rotatable bonds is 6. The normalized spacial score (nSPS) is 15.9. The number of hydrogen-bond donors (Lipinski definition) is 1. The van der Waals surface area contributed by atoms with Crippen molar-refractivity contribution in [2.75, 3.05) is 13.1 Å². The van der Waals surface area contributed by atoms with E-state index in [1.54, 1.807) is 11.3 Å². The summed E-state index contributed by atoms with van der Waals surface area (Å²) in [5.41, 5.74) is 3.68. The fourth-order valence-electron chi connectivity index (χ4n) is 3.64. The first-order chi connectivity index (χ1) is 13.5. The molecule has 0 fully saturated rings. The van der Waals surface area contributed by atoms with Gasteiger partial charge >= 0.3 is 0 Å². The van der Waals surface area contributed by atoms with E-state index in [2.05, 4.69) is 21.8 Å². The first kappa shape index (κ1) is 19.3. The standard InChI is InChI=1S/C21H21FN2O2S2/c22-19-7-3-4-8-21(19)28(25,26)23-13-20(18-10-12-27-15-18)24-11-9-16-5-1-2-6-17(16)14-24/h1-8,10,12,15,20,23H,9,11,13-14H2. The number of nitrogens with one attached hydrogen (secondary N) is 1. The molecule has 1 aliphatic rings. The summed E-state index contributed by atoms with van der Waals surface area (Å²) < 4.78 is 41.9. The third-order valence-corrected chi connectivity index (χ3v) is 7.28. The molecule has 0 saturated carbocycles. The lowest BCUT2D eigenvalue weighted by molar-refractivity contribution is 0.180. The van der Waals surface area contributed by atoms with Crippen molar-refractivity contribution < 1.29 is 12.8 Å². The molecule has 3 aromatic rings. The van der Waals surface area contributed by atoms with E-state index in [1.165, 1.54) is 29.3 Å². The molecule has 0 spiro atoms. The van der Waals surface area contributed by atoms with E-state index in [0.29, 0.717) is 0 Å². The Morgan fingerprint density at radius 2 is 1.82 bits per heavy atom. The van der Waals surface area contributed by atoms with Gasteiger partial charge in [0, 0.05) is 25.7 Å². The minimum atomic E-state index is -3.92. The zero-order chi connectivity index (χ0) is 19.6. The molecule has 0 aliphatic carbocycles. The average molecular weight is 417 g/mol. The Morgan fingerprint density at radius 3 is 2.57 bits per heavy atom. The highest BCUT2D eigenvalue weighted by atomic mass is 32.2. The van der Waals surface area contributed by atoms with Gasteiger partial charge in [-0.05, 0) is 52.1 Å². The maximum Gasteiger partial charge on any atom is 0.243 e. The Labute approximate surface area is 168 Å². The van der Waals surface area contributed by atoms with Gasteiger partial charge in [-0.25, -0.2) is 17.5 Å². The smallest absolute Gasteiger partial charge is 0.243 e. The highest BCUT2D eigenvalue weighted by Gasteiger charge is 2.27. The molecule has 0 bridgehead atoms. The number of thiophene rings is 1. The monoisotopic (exact) mass is 416 g/mol. The van der Waals surface area contributed by atoms with Gasteiger partial charge in [0.15, 0.2) is 0 Å². The topological polar surface area (TPSA) is 49.4 Å². The second-order valence-corrected chi connectivity index (χ2v) is 9.36. The lowest BCUT2D eigenvalue weighted by atomic mass is 9.97. The number of hydrogen-bond acceptors (Lipinski definition) is 4. The first-order valence-electron chi connectivity index (χ1n) is 9.12. The summed E-state index contributed by atoms with van der Waals surface area (Å²) in [5, 5.41) is 4.04. The van der Waals surface area contributed by atoms with Gasteiger partial charge in [0.2, 0.25) is 10.0 Å². The average Bonchev–Trinajstić information content (AvgIpc) is 3.22. The van der Waals surface area contributed by atoms with E-state index in [0.717, 1.165) is 31.1 Å². The van der Waals surface area contributed by atoms with E-state index >= 15 is 0 Å². The number of halogens is 1. The molecule has 1 atom stereocenters. The van der Waals surface area contributed by atoms with E-state index in [9.17, 15) is 12.8 Å². The van der Waals surface area contributed by atoms with Crippen LogP contribution in [0.25, 0.3) is 0 Å². The zero-order valence-corrected chi connectivity index (χ0v) is 16.8. The Kier molecular flexibility index (Phi) is 5.59. The maximum atomic E-state index is 14.0. The van der Waals surface area contributed by atoms with Crippen LogP contribution in [0.15, 0.2) is 70.3 Å². The van der Waals surface area contributed by atoms with Crippen LogP contribution >= 0.6 is 11.3 Å². The Bertz CT molecular complexity index is 1050. The van der Waals surface area contributed by atoms with Crippen LogP contribution in [0.4, 0.5) is 4.39 Å². The molecule has 1 N–H and O–H groups in total. The maximum absolute atomic E-state index is 14.0. The van der Waals surface area contributed by atoms with Crippen molar-refractivity contribution in [1.82, 2.24) is 9.62 Å². The van der Waals surface area contributed by atoms with Crippen molar-refractivity contribution in [2.24, 2.45) is 0 Å². The van der Waals surface area contributed by atoms with Crippen LogP contribution in [0.3, 0.4) is 0 Å². The zero-order valence-electron chi connectivity index (χ0n) is 15.2. The van der Waals surface area contributed by atoms with Gasteiger partial charge in [-0.15, -0.1) is 0 Å². The molecule has 4 nitrogen and oxygen atoms in total. The second-order valence-electron chi connectivity index (χ2n) is 6.84. The molecule has 1 aromatic heterocycles. The van der Waals surface area contributed by atoms with Gasteiger partial charge in [-0.1, -0.05) is 36.4 Å². The quantitative estimate of drug-likeness (QED) is 0.662. The van der Waals surface area contributed by atoms with E-state index in [1.807, 2.05) is 29.0 Å². The molecule has 0 amide bonds. The molecule has 7 heteroatoms. The molecule has 1 aliphatic heterocycles. The summed E-state index contributed by atoms with van der Waals surface area (Å²) in [5.74, 6) is -0.742. The van der Waals surface area contributed by atoms with Gasteiger partial charge in [0.05, 0.1) is 0 Å². The summed E-state index contributed by atoms with van der Waals surface area (Å²) in [6.07, 6.45) is 0.927. The van der Waals surface area contributed by atoms with E-state index in [-0.39, 0.29) is 17.5 Å². The third-order valence-electron chi connectivity index (χ3n) is 5.12. The summed E-state index contributed by atoms with van der Waals surface area (Å²) in [6.45, 7) is 1.80. The summed E-state index contributed by atoms with van der Waals surface area (Å²) in [6, 6.07) is 15.7. The van der Waals surface area contributed by atoms with Gasteiger partial charge in [-0.3, -0.25) is 4.90 Å². The number of sulfonamides is 1. The molecule has 4 rings (SSSR count). The van der Waals surface area contributed by atoms with Crippen molar-refractivity contribution in [2.45, 2.75) is 23.9 Å². The molecular formula is C21H21FN2O2S2. The summed E-state index contributed by atoms with van der Waals surface area (Å²) in [7, 11) is -3.92. The number of fused-ring (bicyclic) bond motifs is 1. The van der Waals surface area contributed by atoms with Gasteiger partial charge in [0.1, 0.15) is 10.7 Å². The molecular weight excluding hydrogens is 395 g/mol. The van der Waals surface area contributed by atoms with Crippen LogP contribution in [0.5, 0.6) is 0 Å². The fourth-order valence-corrected chi connectivity index (χ4v) is 5.46. The van der Waals surface area contributed by atoms with Crippen LogP contribution in [0.1, 0.15) is 22.7 Å². The molecule has 146 valence electrons. The number of nitrogens with zero attached hydrogens (tertiary/aromatic N) is 1. The first-order valence-corrected chi connectivity index (χ1v) is 11.5. The molecule has 2 heterocycles. The largest absolute Gasteiger partial charge is 0.290 e. The van der Waals surface area contributed by atoms with Crippen molar-refractivity contribution >= 4 is 21.4 Å². The predicted molar refractivity (Wildman–Crippen MR) is 109 cm³/mol. The van der Waals surface area contributed by atoms with Crippen LogP contribution in [-0.4, -0.2) is 26.4 Å². The van der Waals surface area contributed by atoms with Crippen molar-refractivity contribution in [3.05, 3.63) is 87.9 Å². The Morgan fingerprint density at radius 1 is 1.07 bits per heavy atom. The van der Waals surface area contributed by atoms with Crippen LogP contribution in [0.2, 0.25) is 0 Å². The Balaban J connectivity index is 1.56. The van der Waals surface area contributed by atoms with Crippen LogP contribution < -0.4 is 4.72 Å². The highest BCUT2D eigenvalue weighted by molar-refractivity contribution is 7.89. The summed E-state index contributed by atoms with van der Waals surface area (Å²) in [4.78, 5) is 1.97. The lowest BCUT2D eigenvalue weighted by Gasteiger charge is -2.35. The third kappa shape index (κ3) is 4.03. The van der Waals surface area contributed by atoms with Gasteiger partial charge in [0.25, 0.3) is 0 Å². The van der Waals surface area contributed by atoms with Crippen LogP contribution in [0, 0.1) is 5.82 Å².